The Balaban J connectivity index is 1.47. The number of fused-ring (bicyclic) bond motifs is 1. The molecular formula is C23H17ClN6O2. The number of anilines is 1. The fraction of sp³-hybridized carbons (Fsp3) is 0.0870. The van der Waals surface area contributed by atoms with Crippen LogP contribution in [0.3, 0.4) is 0 Å². The molecule has 0 aliphatic heterocycles. The van der Waals surface area contributed by atoms with Crippen molar-refractivity contribution in [3.63, 3.8) is 0 Å². The Bertz CT molecular complexity index is 1470. The van der Waals surface area contributed by atoms with Gasteiger partial charge in [-0.15, -0.1) is 10.2 Å². The number of carbonyl (C=O) groups is 1. The minimum absolute atomic E-state index is 0.336. The van der Waals surface area contributed by atoms with E-state index in [4.69, 9.17) is 16.1 Å². The molecule has 0 spiro atoms. The Morgan fingerprint density at radius 2 is 1.88 bits per heavy atom. The smallest absolute Gasteiger partial charge is 0.261 e. The highest BCUT2D eigenvalue weighted by molar-refractivity contribution is 6.33. The summed E-state index contributed by atoms with van der Waals surface area (Å²) in [5.41, 5.74) is 4.22. The van der Waals surface area contributed by atoms with Crippen LogP contribution < -0.4 is 5.32 Å². The van der Waals surface area contributed by atoms with Crippen LogP contribution in [0.5, 0.6) is 0 Å². The normalized spacial score (nSPS) is 11.1. The molecule has 0 radical (unpaired) electrons. The van der Waals surface area contributed by atoms with Gasteiger partial charge >= 0.3 is 0 Å². The third-order valence-corrected chi connectivity index (χ3v) is 5.38. The lowest BCUT2D eigenvalue weighted by Gasteiger charge is -2.09. The molecule has 2 aromatic carbocycles. The topological polar surface area (TPSA) is 98.2 Å². The van der Waals surface area contributed by atoms with Crippen LogP contribution in [-0.4, -0.2) is 30.9 Å². The van der Waals surface area contributed by atoms with Gasteiger partial charge in [0.2, 0.25) is 0 Å². The van der Waals surface area contributed by atoms with E-state index in [1.807, 2.05) is 55.5 Å². The molecule has 0 aliphatic carbocycles. The highest BCUT2D eigenvalue weighted by Gasteiger charge is 2.23. The number of carbonyl (C=O) groups excluding carboxylic acids is 1. The van der Waals surface area contributed by atoms with Crippen LogP contribution >= 0.6 is 11.6 Å². The molecule has 0 aliphatic rings. The number of hydrogen-bond donors (Lipinski definition) is 1. The van der Waals surface area contributed by atoms with Crippen LogP contribution in [0.2, 0.25) is 5.02 Å². The largest absolute Gasteiger partial charge is 0.360 e. The predicted molar refractivity (Wildman–Crippen MR) is 121 cm³/mol. The maximum atomic E-state index is 13.1. The van der Waals surface area contributed by atoms with Crippen LogP contribution in [0.4, 0.5) is 5.69 Å². The van der Waals surface area contributed by atoms with E-state index in [1.54, 1.807) is 23.6 Å². The first-order valence-electron chi connectivity index (χ1n) is 9.83. The van der Waals surface area contributed by atoms with Crippen molar-refractivity contribution >= 4 is 28.8 Å². The maximum Gasteiger partial charge on any atom is 0.261 e. The minimum atomic E-state index is -0.339. The number of nitrogens with zero attached hydrogens (tertiary/aromatic N) is 5. The molecular weight excluding hydrogens is 428 g/mol. The van der Waals surface area contributed by atoms with Gasteiger partial charge < -0.3 is 9.84 Å². The predicted octanol–water partition coefficient (Wildman–Crippen LogP) is 4.97. The van der Waals surface area contributed by atoms with Crippen molar-refractivity contribution in [3.8, 4) is 22.5 Å². The molecule has 32 heavy (non-hydrogen) atoms. The van der Waals surface area contributed by atoms with E-state index in [-0.39, 0.29) is 5.91 Å². The SMILES string of the molecule is Cc1onc(-c2ccccc2Cl)c1C(=O)Nc1cccc(-c2ccc3nnc(C)n3n2)c1. The molecule has 3 heterocycles. The molecule has 0 fully saturated rings. The molecule has 1 N–H and O–H groups in total. The molecule has 5 aromatic rings. The van der Waals surface area contributed by atoms with Crippen molar-refractivity contribution in [2.45, 2.75) is 13.8 Å². The lowest BCUT2D eigenvalue weighted by molar-refractivity contribution is 0.102. The number of benzene rings is 2. The highest BCUT2D eigenvalue weighted by atomic mass is 35.5. The van der Waals surface area contributed by atoms with Crippen molar-refractivity contribution in [2.75, 3.05) is 5.32 Å². The first kappa shape index (κ1) is 19.9. The summed E-state index contributed by atoms with van der Waals surface area (Å²) < 4.78 is 6.98. The van der Waals surface area contributed by atoms with Gasteiger partial charge in [0.05, 0.1) is 10.7 Å². The summed E-state index contributed by atoms with van der Waals surface area (Å²) in [6.45, 7) is 3.53. The van der Waals surface area contributed by atoms with Gasteiger partial charge in [0.1, 0.15) is 17.0 Å². The highest BCUT2D eigenvalue weighted by Crippen LogP contribution is 2.31. The van der Waals surface area contributed by atoms with E-state index in [1.165, 1.54) is 0 Å². The van der Waals surface area contributed by atoms with E-state index in [2.05, 4.69) is 25.8 Å². The maximum absolute atomic E-state index is 13.1. The first-order valence-corrected chi connectivity index (χ1v) is 10.2. The Labute approximate surface area is 187 Å². The molecule has 158 valence electrons. The second kappa shape index (κ2) is 7.90. The van der Waals surface area contributed by atoms with Crippen molar-refractivity contribution < 1.29 is 9.32 Å². The van der Waals surface area contributed by atoms with Crippen LogP contribution in [-0.2, 0) is 0 Å². The summed E-state index contributed by atoms with van der Waals surface area (Å²) in [6, 6.07) is 18.3. The molecule has 0 saturated carbocycles. The molecule has 5 rings (SSSR count). The molecule has 0 unspecified atom stereocenters. The monoisotopic (exact) mass is 444 g/mol. The number of aryl methyl sites for hydroxylation is 2. The van der Waals surface area contributed by atoms with E-state index >= 15 is 0 Å². The van der Waals surface area contributed by atoms with Gasteiger partial charge in [0.15, 0.2) is 11.5 Å². The summed E-state index contributed by atoms with van der Waals surface area (Å²) in [4.78, 5) is 13.1. The van der Waals surface area contributed by atoms with Crippen molar-refractivity contribution in [1.29, 1.82) is 0 Å². The Morgan fingerprint density at radius 1 is 1.03 bits per heavy atom. The van der Waals surface area contributed by atoms with Crippen LogP contribution in [0.15, 0.2) is 65.2 Å². The lowest BCUT2D eigenvalue weighted by Crippen LogP contribution is -2.13. The zero-order valence-corrected chi connectivity index (χ0v) is 18.0. The van der Waals surface area contributed by atoms with Gasteiger partial charge in [-0.2, -0.15) is 9.61 Å². The second-order valence-corrected chi connectivity index (χ2v) is 7.62. The van der Waals surface area contributed by atoms with E-state index in [9.17, 15) is 4.79 Å². The van der Waals surface area contributed by atoms with Gasteiger partial charge in [-0.05, 0) is 44.2 Å². The van der Waals surface area contributed by atoms with Gasteiger partial charge in [-0.3, -0.25) is 4.79 Å². The van der Waals surface area contributed by atoms with Gasteiger partial charge in [-0.25, -0.2) is 0 Å². The van der Waals surface area contributed by atoms with E-state index in [0.29, 0.717) is 44.8 Å². The van der Waals surface area contributed by atoms with Gasteiger partial charge in [-0.1, -0.05) is 47.1 Å². The number of aromatic nitrogens is 5. The van der Waals surface area contributed by atoms with Crippen molar-refractivity contribution in [2.24, 2.45) is 0 Å². The molecule has 0 bridgehead atoms. The number of halogens is 1. The molecule has 8 nitrogen and oxygen atoms in total. The Hall–Kier alpha value is -4.04. The van der Waals surface area contributed by atoms with Gasteiger partial charge in [0.25, 0.3) is 5.91 Å². The summed E-state index contributed by atoms with van der Waals surface area (Å²) in [7, 11) is 0. The molecule has 1 amide bonds. The summed E-state index contributed by atoms with van der Waals surface area (Å²) >= 11 is 6.31. The summed E-state index contributed by atoms with van der Waals surface area (Å²) in [5.74, 6) is 0.763. The van der Waals surface area contributed by atoms with E-state index in [0.717, 1.165) is 11.3 Å². The Kier molecular flexibility index (Phi) is 4.91. The number of nitrogens with one attached hydrogen (secondary N) is 1. The quantitative estimate of drug-likeness (QED) is 0.420. The van der Waals surface area contributed by atoms with Crippen LogP contribution in [0.1, 0.15) is 21.9 Å². The fourth-order valence-electron chi connectivity index (χ4n) is 3.48. The molecule has 9 heteroatoms. The number of amides is 1. The van der Waals surface area contributed by atoms with Crippen LogP contribution in [0, 0.1) is 13.8 Å². The first-order chi connectivity index (χ1) is 15.5. The third kappa shape index (κ3) is 3.50. The van der Waals surface area contributed by atoms with Crippen molar-refractivity contribution in [3.05, 3.63) is 82.8 Å². The summed E-state index contributed by atoms with van der Waals surface area (Å²) in [6.07, 6.45) is 0. The van der Waals surface area contributed by atoms with Crippen molar-refractivity contribution in [1.82, 2.24) is 25.0 Å². The minimum Gasteiger partial charge on any atom is -0.360 e. The zero-order valence-electron chi connectivity index (χ0n) is 17.2. The summed E-state index contributed by atoms with van der Waals surface area (Å²) in [5, 5.41) is 20.2. The molecule has 0 saturated heterocycles. The van der Waals surface area contributed by atoms with Gasteiger partial charge in [0, 0.05) is 16.8 Å². The standard InChI is InChI=1S/C23H17ClN6O2/c1-13-21(22(29-32-13)17-8-3-4-9-18(17)24)23(31)25-16-7-5-6-15(12-16)19-10-11-20-27-26-14(2)30(20)28-19/h3-12H,1-2H3,(H,25,31). The lowest BCUT2D eigenvalue weighted by atomic mass is 10.1. The zero-order chi connectivity index (χ0) is 22.2. The number of rotatable bonds is 4. The average molecular weight is 445 g/mol. The third-order valence-electron chi connectivity index (χ3n) is 5.05. The molecule has 0 atom stereocenters. The van der Waals surface area contributed by atoms with Crippen LogP contribution in [0.25, 0.3) is 28.2 Å². The average Bonchev–Trinajstić information content (AvgIpc) is 3.36. The van der Waals surface area contributed by atoms with E-state index < -0.39 is 0 Å². The number of hydrogen-bond acceptors (Lipinski definition) is 6. The fourth-order valence-corrected chi connectivity index (χ4v) is 3.70. The Morgan fingerprint density at radius 3 is 2.72 bits per heavy atom. The molecule has 3 aromatic heterocycles. The second-order valence-electron chi connectivity index (χ2n) is 7.21.